The van der Waals surface area contributed by atoms with E-state index < -0.39 is 5.82 Å². The molecule has 0 aromatic heterocycles. The molecule has 0 unspecified atom stereocenters. The van der Waals surface area contributed by atoms with Crippen molar-refractivity contribution in [1.82, 2.24) is 9.80 Å². The van der Waals surface area contributed by atoms with Crippen LogP contribution in [-0.2, 0) is 0 Å². The van der Waals surface area contributed by atoms with Gasteiger partial charge in [0.1, 0.15) is 12.4 Å². The molecule has 4 nitrogen and oxygen atoms in total. The van der Waals surface area contributed by atoms with Gasteiger partial charge in [-0.05, 0) is 24.3 Å². The van der Waals surface area contributed by atoms with E-state index in [1.807, 2.05) is 0 Å². The number of ether oxygens (including phenoxy) is 1. The predicted molar refractivity (Wildman–Crippen MR) is 90.6 cm³/mol. The standard InChI is InChI=1S/C19H20F2N2O2/c20-16-6-2-1-5-15(16)19(24)23-11-9-22(10-12-23)13-14-25-18-8-4-3-7-17(18)21/h1-8H,9-14H2. The average Bonchev–Trinajstić information content (AvgIpc) is 2.64. The Morgan fingerprint density at radius 3 is 2.24 bits per heavy atom. The summed E-state index contributed by atoms with van der Waals surface area (Å²) in [6, 6.07) is 12.3. The highest BCUT2D eigenvalue weighted by atomic mass is 19.1. The third kappa shape index (κ3) is 4.33. The van der Waals surface area contributed by atoms with Crippen molar-refractivity contribution in [2.24, 2.45) is 0 Å². The Balaban J connectivity index is 1.45. The van der Waals surface area contributed by atoms with Crippen LogP contribution in [0.1, 0.15) is 10.4 Å². The van der Waals surface area contributed by atoms with Crippen LogP contribution in [0, 0.1) is 11.6 Å². The second-order valence-corrected chi connectivity index (χ2v) is 5.89. The van der Waals surface area contributed by atoms with Crippen LogP contribution in [0.4, 0.5) is 8.78 Å². The fraction of sp³-hybridized carbons (Fsp3) is 0.316. The van der Waals surface area contributed by atoms with Crippen LogP contribution in [-0.4, -0.2) is 55.0 Å². The third-order valence-corrected chi connectivity index (χ3v) is 4.27. The summed E-state index contributed by atoms with van der Waals surface area (Å²) in [5, 5.41) is 0. The minimum absolute atomic E-state index is 0.110. The number of rotatable bonds is 5. The lowest BCUT2D eigenvalue weighted by Gasteiger charge is -2.34. The molecule has 0 spiro atoms. The van der Waals surface area contributed by atoms with Gasteiger partial charge in [0.25, 0.3) is 5.91 Å². The van der Waals surface area contributed by atoms with Crippen LogP contribution in [0.3, 0.4) is 0 Å². The molecule has 1 saturated heterocycles. The highest BCUT2D eigenvalue weighted by Gasteiger charge is 2.23. The van der Waals surface area contributed by atoms with Crippen molar-refractivity contribution in [3.05, 3.63) is 65.7 Å². The van der Waals surface area contributed by atoms with E-state index in [0.717, 1.165) is 0 Å². The SMILES string of the molecule is O=C(c1ccccc1F)N1CCN(CCOc2ccccc2F)CC1. The van der Waals surface area contributed by atoms with Gasteiger partial charge in [-0.1, -0.05) is 24.3 Å². The maximum Gasteiger partial charge on any atom is 0.256 e. The molecule has 1 aliphatic heterocycles. The van der Waals surface area contributed by atoms with Crippen molar-refractivity contribution in [3.8, 4) is 5.75 Å². The zero-order valence-electron chi connectivity index (χ0n) is 13.8. The largest absolute Gasteiger partial charge is 0.489 e. The lowest BCUT2D eigenvalue weighted by atomic mass is 10.1. The Labute approximate surface area is 145 Å². The van der Waals surface area contributed by atoms with Crippen LogP contribution in [0.5, 0.6) is 5.75 Å². The van der Waals surface area contributed by atoms with Gasteiger partial charge >= 0.3 is 0 Å². The Morgan fingerprint density at radius 2 is 1.56 bits per heavy atom. The van der Waals surface area contributed by atoms with E-state index in [1.165, 1.54) is 18.2 Å². The van der Waals surface area contributed by atoms with E-state index in [2.05, 4.69) is 4.90 Å². The lowest BCUT2D eigenvalue weighted by molar-refractivity contribution is 0.0615. The average molecular weight is 346 g/mol. The van der Waals surface area contributed by atoms with E-state index in [0.29, 0.717) is 39.3 Å². The van der Waals surface area contributed by atoms with Crippen LogP contribution in [0.25, 0.3) is 0 Å². The number of piperazine rings is 1. The summed E-state index contributed by atoms with van der Waals surface area (Å²) in [6.07, 6.45) is 0. The third-order valence-electron chi connectivity index (χ3n) is 4.27. The maximum atomic E-state index is 13.7. The first-order valence-corrected chi connectivity index (χ1v) is 8.28. The molecule has 0 radical (unpaired) electrons. The molecule has 132 valence electrons. The molecule has 0 atom stereocenters. The molecule has 1 heterocycles. The minimum Gasteiger partial charge on any atom is -0.489 e. The molecule has 25 heavy (non-hydrogen) atoms. The monoisotopic (exact) mass is 346 g/mol. The zero-order chi connectivity index (χ0) is 17.6. The Morgan fingerprint density at radius 1 is 0.920 bits per heavy atom. The quantitative estimate of drug-likeness (QED) is 0.835. The topological polar surface area (TPSA) is 32.8 Å². The molecule has 1 aliphatic rings. The summed E-state index contributed by atoms with van der Waals surface area (Å²) in [4.78, 5) is 16.2. The number of hydrogen-bond acceptors (Lipinski definition) is 3. The Kier molecular flexibility index (Phi) is 5.60. The fourth-order valence-corrected chi connectivity index (χ4v) is 2.83. The van der Waals surface area contributed by atoms with E-state index >= 15 is 0 Å². The molecule has 0 saturated carbocycles. The molecule has 0 N–H and O–H groups in total. The molecule has 0 aliphatic carbocycles. The first-order valence-electron chi connectivity index (χ1n) is 8.28. The number of carbonyl (C=O) groups is 1. The summed E-state index contributed by atoms with van der Waals surface area (Å²) >= 11 is 0. The van der Waals surface area contributed by atoms with Crippen LogP contribution < -0.4 is 4.74 Å². The van der Waals surface area contributed by atoms with Gasteiger partial charge in [-0.3, -0.25) is 9.69 Å². The summed E-state index contributed by atoms with van der Waals surface area (Å²) in [5.74, 6) is -0.896. The fourth-order valence-electron chi connectivity index (χ4n) is 2.83. The Bertz CT molecular complexity index is 731. The first-order chi connectivity index (χ1) is 12.1. The van der Waals surface area contributed by atoms with Crippen molar-refractivity contribution < 1.29 is 18.3 Å². The second kappa shape index (κ2) is 8.07. The summed E-state index contributed by atoms with van der Waals surface area (Å²) in [5.41, 5.74) is 0.110. The summed E-state index contributed by atoms with van der Waals surface area (Å²) in [7, 11) is 0. The molecule has 1 fully saturated rings. The molecule has 2 aromatic rings. The van der Waals surface area contributed by atoms with Gasteiger partial charge in [0.05, 0.1) is 5.56 Å². The van der Waals surface area contributed by atoms with Crippen LogP contribution in [0.15, 0.2) is 48.5 Å². The van der Waals surface area contributed by atoms with Crippen molar-refractivity contribution in [3.63, 3.8) is 0 Å². The van der Waals surface area contributed by atoms with Crippen LogP contribution in [0.2, 0.25) is 0 Å². The first kappa shape index (κ1) is 17.4. The van der Waals surface area contributed by atoms with Gasteiger partial charge < -0.3 is 9.64 Å². The van der Waals surface area contributed by atoms with Crippen molar-refractivity contribution in [1.29, 1.82) is 0 Å². The molecule has 6 heteroatoms. The predicted octanol–water partition coefficient (Wildman–Crippen LogP) is 2.80. The summed E-state index contributed by atoms with van der Waals surface area (Å²) in [6.45, 7) is 3.46. The van der Waals surface area contributed by atoms with Gasteiger partial charge in [0.15, 0.2) is 11.6 Å². The second-order valence-electron chi connectivity index (χ2n) is 5.89. The number of nitrogens with zero attached hydrogens (tertiary/aromatic N) is 2. The lowest BCUT2D eigenvalue weighted by Crippen LogP contribution is -2.49. The molecule has 3 rings (SSSR count). The number of amides is 1. The number of halogens is 2. The molecule has 0 bridgehead atoms. The normalized spacial score (nSPS) is 15.2. The van der Waals surface area contributed by atoms with Crippen molar-refractivity contribution >= 4 is 5.91 Å². The molecule has 1 amide bonds. The Hall–Kier alpha value is -2.47. The van der Waals surface area contributed by atoms with Gasteiger partial charge in [0.2, 0.25) is 0 Å². The van der Waals surface area contributed by atoms with E-state index in [1.54, 1.807) is 35.2 Å². The van der Waals surface area contributed by atoms with Crippen LogP contribution >= 0.6 is 0 Å². The molecule has 2 aromatic carbocycles. The molecular formula is C19H20F2N2O2. The molecular weight excluding hydrogens is 326 g/mol. The van der Waals surface area contributed by atoms with E-state index in [-0.39, 0.29) is 23.0 Å². The maximum absolute atomic E-state index is 13.7. The number of benzene rings is 2. The number of para-hydroxylation sites is 1. The van der Waals surface area contributed by atoms with E-state index in [4.69, 9.17) is 4.74 Å². The number of carbonyl (C=O) groups excluding carboxylic acids is 1. The van der Waals surface area contributed by atoms with Gasteiger partial charge in [-0.15, -0.1) is 0 Å². The zero-order valence-corrected chi connectivity index (χ0v) is 13.8. The van der Waals surface area contributed by atoms with Crippen molar-refractivity contribution in [2.75, 3.05) is 39.3 Å². The van der Waals surface area contributed by atoms with Gasteiger partial charge in [0, 0.05) is 32.7 Å². The highest BCUT2D eigenvalue weighted by Crippen LogP contribution is 2.16. The smallest absolute Gasteiger partial charge is 0.256 e. The minimum atomic E-state index is -0.492. The van der Waals surface area contributed by atoms with Gasteiger partial charge in [-0.2, -0.15) is 0 Å². The highest BCUT2D eigenvalue weighted by molar-refractivity contribution is 5.94. The van der Waals surface area contributed by atoms with E-state index in [9.17, 15) is 13.6 Å². The van der Waals surface area contributed by atoms with Crippen molar-refractivity contribution in [2.45, 2.75) is 0 Å². The number of hydrogen-bond donors (Lipinski definition) is 0. The summed E-state index contributed by atoms with van der Waals surface area (Å²) < 4.78 is 32.7. The van der Waals surface area contributed by atoms with Gasteiger partial charge in [-0.25, -0.2) is 8.78 Å².